The molecule has 39 heavy (non-hydrogen) atoms. The summed E-state index contributed by atoms with van der Waals surface area (Å²) in [6, 6.07) is -0.338. The van der Waals surface area contributed by atoms with Gasteiger partial charge in [-0.15, -0.1) is 0 Å². The van der Waals surface area contributed by atoms with Crippen molar-refractivity contribution in [3.8, 4) is 5.75 Å². The average Bonchev–Trinajstić information content (AvgIpc) is 3.40. The van der Waals surface area contributed by atoms with Gasteiger partial charge >= 0.3 is 12.0 Å². The number of esters is 1. The lowest BCUT2D eigenvalue weighted by Crippen LogP contribution is -2.42. The van der Waals surface area contributed by atoms with Crippen molar-refractivity contribution in [2.24, 2.45) is 0 Å². The first-order chi connectivity index (χ1) is 18.3. The number of benzene rings is 1. The quantitative estimate of drug-likeness (QED) is 0.0966. The van der Waals surface area contributed by atoms with Crippen LogP contribution in [-0.2, 0) is 19.1 Å². The first-order valence-corrected chi connectivity index (χ1v) is 13.8. The molecule has 1 aromatic carbocycles. The van der Waals surface area contributed by atoms with E-state index in [2.05, 4.69) is 20.7 Å². The van der Waals surface area contributed by atoms with Crippen molar-refractivity contribution in [3.63, 3.8) is 0 Å². The van der Waals surface area contributed by atoms with Gasteiger partial charge in [-0.1, -0.05) is 13.3 Å². The molecule has 9 nitrogen and oxygen atoms in total. The Morgan fingerprint density at radius 1 is 1.21 bits per heavy atom. The highest BCUT2D eigenvalue weighted by Crippen LogP contribution is 2.33. The summed E-state index contributed by atoms with van der Waals surface area (Å²) in [7, 11) is 0. The molecule has 2 aliphatic rings. The second-order valence-corrected chi connectivity index (χ2v) is 11.5. The number of amides is 3. The summed E-state index contributed by atoms with van der Waals surface area (Å²) in [6.45, 7) is 8.74. The van der Waals surface area contributed by atoms with Gasteiger partial charge in [0.15, 0.2) is 11.6 Å². The van der Waals surface area contributed by atoms with Crippen molar-refractivity contribution in [2.75, 3.05) is 5.75 Å². The number of carbonyl (C=O) groups excluding carboxylic acids is 4. The second kappa shape index (κ2) is 14.4. The fraction of sp³-hybridized carbons (Fsp3) is 0.615. The first kappa shape index (κ1) is 32.3. The smallest absolute Gasteiger partial charge is 0.334 e. The number of hydrogen-bond acceptors (Lipinski definition) is 7. The molecule has 0 saturated carbocycles. The SMILES string of the molecule is CC(C)(C)OC=O.CCC(NC(=O)CCCCC1SCC2NC(=O)NC21)C(=O)Oc1c(F)c(C)cc(F)c1F. The monoisotopic (exact) mass is 575 g/mol. The minimum atomic E-state index is -1.59. The van der Waals surface area contributed by atoms with E-state index in [1.54, 1.807) is 18.7 Å². The lowest BCUT2D eigenvalue weighted by atomic mass is 10.0. The Labute approximate surface area is 230 Å². The zero-order valence-corrected chi connectivity index (χ0v) is 23.5. The maximum absolute atomic E-state index is 14.1. The van der Waals surface area contributed by atoms with Gasteiger partial charge < -0.3 is 25.4 Å². The molecule has 2 fully saturated rings. The Morgan fingerprint density at radius 3 is 2.49 bits per heavy atom. The number of aryl methyl sites for hydroxylation is 1. The molecule has 0 bridgehead atoms. The molecule has 2 aliphatic heterocycles. The van der Waals surface area contributed by atoms with Gasteiger partial charge in [-0.2, -0.15) is 16.2 Å². The standard InChI is InChI=1S/C21H26F3N3O4S.C5H10O2/c1-3-12(20(29)31-19-16(23)10(2)8-11(22)17(19)24)25-15(28)7-5-4-6-14-18-13(9-32-14)26-21(30)27-18;1-5(2,3)7-4-6/h8,12-14,18H,3-7,9H2,1-2H3,(H,25,28)(H2,26,27,30);4H,1-3H3. The van der Waals surface area contributed by atoms with Gasteiger partial charge in [0.05, 0.1) is 12.1 Å². The van der Waals surface area contributed by atoms with E-state index < -0.39 is 41.1 Å². The van der Waals surface area contributed by atoms with Crippen molar-refractivity contribution in [1.29, 1.82) is 0 Å². The molecule has 3 rings (SSSR count). The molecule has 0 spiro atoms. The molecular weight excluding hydrogens is 539 g/mol. The van der Waals surface area contributed by atoms with Crippen molar-refractivity contribution in [2.45, 2.75) is 95.7 Å². The number of nitrogens with one attached hydrogen (secondary N) is 3. The second-order valence-electron chi connectivity index (χ2n) is 10.3. The minimum absolute atomic E-state index is 0.104. The Hall–Kier alpha value is -2.96. The van der Waals surface area contributed by atoms with Crippen molar-refractivity contribution in [1.82, 2.24) is 16.0 Å². The highest BCUT2D eigenvalue weighted by molar-refractivity contribution is 8.00. The van der Waals surface area contributed by atoms with Crippen LogP contribution in [0, 0.1) is 24.4 Å². The van der Waals surface area contributed by atoms with Gasteiger partial charge in [-0.25, -0.2) is 18.4 Å². The van der Waals surface area contributed by atoms with Gasteiger partial charge in [0.25, 0.3) is 6.47 Å². The van der Waals surface area contributed by atoms with E-state index in [4.69, 9.17) is 4.74 Å². The van der Waals surface area contributed by atoms with Crippen LogP contribution in [0.4, 0.5) is 18.0 Å². The van der Waals surface area contributed by atoms with E-state index in [0.717, 1.165) is 18.6 Å². The van der Waals surface area contributed by atoms with E-state index in [9.17, 15) is 32.3 Å². The molecule has 218 valence electrons. The Kier molecular flexibility index (Phi) is 11.9. The van der Waals surface area contributed by atoms with Gasteiger partial charge in [0.2, 0.25) is 17.5 Å². The predicted molar refractivity (Wildman–Crippen MR) is 140 cm³/mol. The Balaban J connectivity index is 0.000000673. The fourth-order valence-corrected chi connectivity index (χ4v) is 5.52. The topological polar surface area (TPSA) is 123 Å². The third kappa shape index (κ3) is 9.63. The van der Waals surface area contributed by atoms with Crippen LogP contribution in [0.2, 0.25) is 0 Å². The lowest BCUT2D eigenvalue weighted by Gasteiger charge is -2.18. The van der Waals surface area contributed by atoms with Crippen molar-refractivity contribution < 1.29 is 41.8 Å². The number of unbranched alkanes of at least 4 members (excludes halogenated alkanes) is 1. The molecule has 4 atom stereocenters. The van der Waals surface area contributed by atoms with Crippen molar-refractivity contribution in [3.05, 3.63) is 29.1 Å². The average molecular weight is 576 g/mol. The van der Waals surface area contributed by atoms with Crippen LogP contribution in [-0.4, -0.2) is 59.1 Å². The molecule has 0 aromatic heterocycles. The molecule has 4 unspecified atom stereocenters. The number of carbonyl (C=O) groups is 4. The molecule has 13 heteroatoms. The maximum Gasteiger partial charge on any atom is 0.334 e. The number of fused-ring (bicyclic) bond motifs is 1. The summed E-state index contributed by atoms with van der Waals surface area (Å²) in [4.78, 5) is 45.5. The normalized spacial score (nSPS) is 20.5. The summed E-state index contributed by atoms with van der Waals surface area (Å²) in [5.74, 6) is -5.80. The van der Waals surface area contributed by atoms with Crippen LogP contribution in [0.1, 0.15) is 65.4 Å². The van der Waals surface area contributed by atoms with Gasteiger partial charge in [-0.3, -0.25) is 9.59 Å². The molecule has 3 N–H and O–H groups in total. The van der Waals surface area contributed by atoms with Crippen LogP contribution in [0.25, 0.3) is 0 Å². The number of hydrogen-bond donors (Lipinski definition) is 3. The van der Waals surface area contributed by atoms with Crippen LogP contribution in [0.15, 0.2) is 6.07 Å². The van der Waals surface area contributed by atoms with E-state index in [0.29, 0.717) is 24.2 Å². The zero-order chi connectivity index (χ0) is 29.3. The number of urea groups is 1. The molecule has 1 aromatic rings. The van der Waals surface area contributed by atoms with Gasteiger partial charge in [-0.05, 0) is 58.6 Å². The van der Waals surface area contributed by atoms with Crippen LogP contribution in [0.5, 0.6) is 5.75 Å². The highest BCUT2D eigenvalue weighted by Gasteiger charge is 2.42. The summed E-state index contributed by atoms with van der Waals surface area (Å²) < 4.78 is 50.7. The highest BCUT2D eigenvalue weighted by atomic mass is 32.2. The summed E-state index contributed by atoms with van der Waals surface area (Å²) in [6.07, 6.45) is 2.50. The van der Waals surface area contributed by atoms with E-state index in [-0.39, 0.29) is 42.1 Å². The number of thioether (sulfide) groups is 1. The minimum Gasteiger partial charge on any atom is -0.462 e. The Morgan fingerprint density at radius 2 is 1.90 bits per heavy atom. The van der Waals surface area contributed by atoms with E-state index >= 15 is 0 Å². The molecule has 2 heterocycles. The Bertz CT molecular complexity index is 1030. The van der Waals surface area contributed by atoms with E-state index in [1.807, 2.05) is 20.8 Å². The molecule has 2 saturated heterocycles. The van der Waals surface area contributed by atoms with Gasteiger partial charge in [0, 0.05) is 17.4 Å². The zero-order valence-electron chi connectivity index (χ0n) is 22.7. The summed E-state index contributed by atoms with van der Waals surface area (Å²) in [5.41, 5.74) is -0.523. The third-order valence-corrected chi connectivity index (χ3v) is 7.52. The van der Waals surface area contributed by atoms with Gasteiger partial charge in [0.1, 0.15) is 11.6 Å². The molecule has 3 amide bonds. The van der Waals surface area contributed by atoms with Crippen LogP contribution in [0.3, 0.4) is 0 Å². The predicted octanol–water partition coefficient (Wildman–Crippen LogP) is 3.90. The fourth-order valence-electron chi connectivity index (χ4n) is 3.97. The number of rotatable bonds is 10. The van der Waals surface area contributed by atoms with E-state index in [1.165, 1.54) is 6.92 Å². The molecule has 0 radical (unpaired) electrons. The van der Waals surface area contributed by atoms with Crippen molar-refractivity contribution >= 4 is 36.1 Å². The largest absolute Gasteiger partial charge is 0.462 e. The molecule has 0 aliphatic carbocycles. The third-order valence-electron chi connectivity index (χ3n) is 6.01. The first-order valence-electron chi connectivity index (χ1n) is 12.7. The van der Waals surface area contributed by atoms with Crippen LogP contribution >= 0.6 is 11.8 Å². The number of halogens is 3. The lowest BCUT2D eigenvalue weighted by molar-refractivity contribution is -0.140. The maximum atomic E-state index is 14.1. The summed E-state index contributed by atoms with van der Waals surface area (Å²) in [5, 5.41) is 8.59. The molecular formula is C26H36F3N3O6S. The number of ether oxygens (including phenoxy) is 2. The van der Waals surface area contributed by atoms with Crippen LogP contribution < -0.4 is 20.7 Å². The summed E-state index contributed by atoms with van der Waals surface area (Å²) >= 11 is 1.79.